The summed E-state index contributed by atoms with van der Waals surface area (Å²) in [5, 5.41) is 3.51. The van der Waals surface area contributed by atoms with Crippen LogP contribution in [0.15, 0.2) is 11.8 Å². The van der Waals surface area contributed by atoms with Gasteiger partial charge in [0.1, 0.15) is 0 Å². The molecular formula is C19H34F2N2O2. The Morgan fingerprint density at radius 3 is 2.20 bits per heavy atom. The lowest BCUT2D eigenvalue weighted by Gasteiger charge is -2.41. The Morgan fingerprint density at radius 2 is 1.68 bits per heavy atom. The van der Waals surface area contributed by atoms with Gasteiger partial charge in [-0.2, -0.15) is 5.01 Å². The first kappa shape index (κ1) is 21.9. The first-order chi connectivity index (χ1) is 12.0. The van der Waals surface area contributed by atoms with Crippen molar-refractivity contribution in [3.05, 3.63) is 11.8 Å². The lowest BCUT2D eigenvalue weighted by Crippen LogP contribution is -2.57. The summed E-state index contributed by atoms with van der Waals surface area (Å²) in [5.74, 6) is -0.406. The van der Waals surface area contributed by atoms with Gasteiger partial charge in [-0.15, -0.1) is 0 Å². The van der Waals surface area contributed by atoms with Gasteiger partial charge in [0.25, 0.3) is 6.43 Å². The summed E-state index contributed by atoms with van der Waals surface area (Å²) in [6.45, 7) is 9.22. The van der Waals surface area contributed by atoms with E-state index >= 15 is 0 Å². The van der Waals surface area contributed by atoms with Crippen molar-refractivity contribution in [2.45, 2.75) is 84.6 Å². The Hall–Kier alpha value is -1.17. The standard InChI is InChI=1S/C19H34F2N2O2/c1-5-9-12-19(18(24)25-8-4)15-16(17(20)21)22(13-10-6-2)23(19)14-11-7-3/h15,17H,5-14H2,1-4H3. The highest BCUT2D eigenvalue weighted by Crippen LogP contribution is 2.39. The minimum Gasteiger partial charge on any atom is -0.464 e. The number of esters is 1. The van der Waals surface area contributed by atoms with E-state index in [0.29, 0.717) is 19.5 Å². The lowest BCUT2D eigenvalue weighted by molar-refractivity contribution is -0.164. The Balaban J connectivity index is 3.30. The largest absolute Gasteiger partial charge is 0.464 e. The van der Waals surface area contributed by atoms with Crippen LogP contribution in [-0.2, 0) is 9.53 Å². The monoisotopic (exact) mass is 360 g/mol. The first-order valence-corrected chi connectivity index (χ1v) is 9.71. The second-order valence-electron chi connectivity index (χ2n) is 6.57. The molecule has 1 rings (SSSR count). The summed E-state index contributed by atoms with van der Waals surface area (Å²) >= 11 is 0. The number of carbonyl (C=O) groups excluding carboxylic acids is 1. The number of carbonyl (C=O) groups is 1. The van der Waals surface area contributed by atoms with E-state index in [1.807, 2.05) is 18.9 Å². The molecule has 0 aliphatic carbocycles. The molecule has 0 bridgehead atoms. The van der Waals surface area contributed by atoms with Gasteiger partial charge in [0.05, 0.1) is 12.3 Å². The van der Waals surface area contributed by atoms with Crippen molar-refractivity contribution in [3.63, 3.8) is 0 Å². The minimum atomic E-state index is -2.60. The van der Waals surface area contributed by atoms with Crippen molar-refractivity contribution in [3.8, 4) is 0 Å². The lowest BCUT2D eigenvalue weighted by atomic mass is 9.91. The first-order valence-electron chi connectivity index (χ1n) is 9.71. The third kappa shape index (κ3) is 5.16. The Kier molecular flexibility index (Phi) is 9.39. The van der Waals surface area contributed by atoms with E-state index in [1.165, 1.54) is 6.08 Å². The second-order valence-corrected chi connectivity index (χ2v) is 6.57. The number of alkyl halides is 2. The van der Waals surface area contributed by atoms with Gasteiger partial charge in [-0.3, -0.25) is 0 Å². The number of unbranched alkanes of at least 4 members (excludes halogenated alkanes) is 3. The number of rotatable bonds is 12. The molecule has 0 saturated carbocycles. The maximum Gasteiger partial charge on any atom is 0.332 e. The van der Waals surface area contributed by atoms with Crippen LogP contribution in [-0.4, -0.2) is 47.6 Å². The van der Waals surface area contributed by atoms with E-state index in [0.717, 1.165) is 38.5 Å². The van der Waals surface area contributed by atoms with E-state index in [1.54, 1.807) is 11.9 Å². The molecule has 25 heavy (non-hydrogen) atoms. The Labute approximate surface area is 151 Å². The third-order valence-electron chi connectivity index (χ3n) is 4.65. The van der Waals surface area contributed by atoms with Gasteiger partial charge < -0.3 is 9.75 Å². The van der Waals surface area contributed by atoms with Crippen molar-refractivity contribution >= 4 is 5.97 Å². The summed E-state index contributed by atoms with van der Waals surface area (Å²) in [5.41, 5.74) is -1.14. The van der Waals surface area contributed by atoms with E-state index in [4.69, 9.17) is 4.74 Å². The van der Waals surface area contributed by atoms with Gasteiger partial charge in [-0.1, -0.05) is 46.5 Å². The van der Waals surface area contributed by atoms with Crippen molar-refractivity contribution in [1.82, 2.24) is 10.0 Å². The zero-order chi connectivity index (χ0) is 18.9. The molecule has 0 radical (unpaired) electrons. The van der Waals surface area contributed by atoms with Crippen molar-refractivity contribution < 1.29 is 18.3 Å². The van der Waals surface area contributed by atoms with E-state index in [9.17, 15) is 13.6 Å². The molecular weight excluding hydrogens is 326 g/mol. The van der Waals surface area contributed by atoms with Gasteiger partial charge in [-0.05, 0) is 32.3 Å². The Morgan fingerprint density at radius 1 is 1.08 bits per heavy atom. The number of hydrogen-bond donors (Lipinski definition) is 0. The molecule has 1 atom stereocenters. The Bertz CT molecular complexity index is 443. The molecule has 0 spiro atoms. The highest BCUT2D eigenvalue weighted by atomic mass is 19.3. The summed E-state index contributed by atoms with van der Waals surface area (Å²) in [6, 6.07) is 0. The molecule has 1 unspecified atom stereocenters. The third-order valence-corrected chi connectivity index (χ3v) is 4.65. The molecule has 1 aliphatic heterocycles. The highest BCUT2D eigenvalue weighted by molar-refractivity contribution is 5.84. The van der Waals surface area contributed by atoms with Crippen molar-refractivity contribution in [1.29, 1.82) is 0 Å². The normalized spacial score (nSPS) is 21.1. The zero-order valence-electron chi connectivity index (χ0n) is 16.2. The fourth-order valence-electron chi connectivity index (χ4n) is 3.28. The van der Waals surface area contributed by atoms with Crippen LogP contribution in [0.3, 0.4) is 0 Å². The molecule has 1 heterocycles. The molecule has 6 heteroatoms. The maximum absolute atomic E-state index is 13.7. The van der Waals surface area contributed by atoms with Gasteiger partial charge in [0, 0.05) is 13.1 Å². The van der Waals surface area contributed by atoms with Gasteiger partial charge in [-0.25, -0.2) is 13.6 Å². The fourth-order valence-corrected chi connectivity index (χ4v) is 3.28. The molecule has 0 aromatic heterocycles. The average Bonchev–Trinajstić information content (AvgIpc) is 2.91. The minimum absolute atomic E-state index is 0.0475. The van der Waals surface area contributed by atoms with E-state index < -0.39 is 17.9 Å². The summed E-state index contributed by atoms with van der Waals surface area (Å²) in [4.78, 5) is 12.9. The average molecular weight is 360 g/mol. The summed E-state index contributed by atoms with van der Waals surface area (Å²) in [7, 11) is 0. The predicted octanol–water partition coefficient (Wildman–Crippen LogP) is 4.76. The summed E-state index contributed by atoms with van der Waals surface area (Å²) in [6.07, 6.45) is 4.58. The zero-order valence-corrected chi connectivity index (χ0v) is 16.2. The molecule has 0 aromatic carbocycles. The van der Waals surface area contributed by atoms with Gasteiger partial charge >= 0.3 is 5.97 Å². The fraction of sp³-hybridized carbons (Fsp3) is 0.842. The molecule has 146 valence electrons. The van der Waals surface area contributed by atoms with E-state index in [-0.39, 0.29) is 12.3 Å². The van der Waals surface area contributed by atoms with Gasteiger partial charge in [0.15, 0.2) is 5.54 Å². The van der Waals surface area contributed by atoms with Crippen LogP contribution in [0, 0.1) is 0 Å². The molecule has 4 nitrogen and oxygen atoms in total. The van der Waals surface area contributed by atoms with Crippen LogP contribution in [0.2, 0.25) is 0 Å². The molecule has 0 N–H and O–H groups in total. The number of hydrazine groups is 1. The molecule has 0 amide bonds. The molecule has 0 fully saturated rings. The summed E-state index contributed by atoms with van der Waals surface area (Å²) < 4.78 is 32.8. The quantitative estimate of drug-likeness (QED) is 0.470. The highest BCUT2D eigenvalue weighted by Gasteiger charge is 2.52. The van der Waals surface area contributed by atoms with Crippen LogP contribution in [0.5, 0.6) is 0 Å². The number of ether oxygens (including phenoxy) is 1. The number of allylic oxidation sites excluding steroid dienone is 1. The van der Waals surface area contributed by atoms with Gasteiger partial charge in [0.2, 0.25) is 0 Å². The van der Waals surface area contributed by atoms with Crippen LogP contribution >= 0.6 is 0 Å². The van der Waals surface area contributed by atoms with Crippen molar-refractivity contribution in [2.24, 2.45) is 0 Å². The van der Waals surface area contributed by atoms with Crippen LogP contribution in [0.1, 0.15) is 72.6 Å². The number of halogens is 2. The predicted molar refractivity (Wildman–Crippen MR) is 96.2 cm³/mol. The molecule has 0 saturated heterocycles. The molecule has 0 aromatic rings. The smallest absolute Gasteiger partial charge is 0.332 e. The number of nitrogens with zero attached hydrogens (tertiary/aromatic N) is 2. The van der Waals surface area contributed by atoms with E-state index in [2.05, 4.69) is 6.92 Å². The second kappa shape index (κ2) is 10.7. The molecule has 1 aliphatic rings. The van der Waals surface area contributed by atoms with Crippen molar-refractivity contribution in [2.75, 3.05) is 19.7 Å². The topological polar surface area (TPSA) is 32.8 Å². The van der Waals surface area contributed by atoms with Crippen LogP contribution in [0.4, 0.5) is 8.78 Å². The SMILES string of the molecule is CCCCN1C(C(F)F)=CC(CCCC)(C(=O)OCC)N1CCCC. The number of hydrogen-bond acceptors (Lipinski definition) is 4. The van der Waals surface area contributed by atoms with Crippen LogP contribution < -0.4 is 0 Å². The maximum atomic E-state index is 13.7. The van der Waals surface area contributed by atoms with Crippen LogP contribution in [0.25, 0.3) is 0 Å².